The summed E-state index contributed by atoms with van der Waals surface area (Å²) in [6, 6.07) is 0. The van der Waals surface area contributed by atoms with E-state index in [4.69, 9.17) is 0 Å². The second-order valence-electron chi connectivity index (χ2n) is 3.84. The quantitative estimate of drug-likeness (QED) is 0.778. The second kappa shape index (κ2) is 4.87. The van der Waals surface area contributed by atoms with E-state index < -0.39 is 5.60 Å². The highest BCUT2D eigenvalue weighted by atomic mass is 32.1. The van der Waals surface area contributed by atoms with Crippen molar-refractivity contribution < 1.29 is 5.11 Å². The minimum Gasteiger partial charge on any atom is -0.388 e. The van der Waals surface area contributed by atoms with Gasteiger partial charge in [-0.3, -0.25) is 0 Å². The number of aromatic nitrogens is 1. The lowest BCUT2D eigenvalue weighted by atomic mass is 10.0. The largest absolute Gasteiger partial charge is 0.388 e. The fraction of sp³-hybridized carbons (Fsp3) is 0.700. The van der Waals surface area contributed by atoms with Crippen molar-refractivity contribution >= 4 is 11.3 Å². The molecule has 0 saturated carbocycles. The summed E-state index contributed by atoms with van der Waals surface area (Å²) in [6.45, 7) is 7.34. The second-order valence-corrected chi connectivity index (χ2v) is 4.78. The van der Waals surface area contributed by atoms with Crippen LogP contribution in [0, 0.1) is 6.92 Å². The molecular formula is C10H18N2OS. The Morgan fingerprint density at radius 2 is 2.36 bits per heavy atom. The highest BCUT2D eigenvalue weighted by molar-refractivity contribution is 7.09. The summed E-state index contributed by atoms with van der Waals surface area (Å²) in [5.41, 5.74) is 0.338. The molecule has 1 rings (SSSR count). The van der Waals surface area contributed by atoms with Crippen LogP contribution in [-0.2, 0) is 6.42 Å². The molecule has 1 aromatic heterocycles. The van der Waals surface area contributed by atoms with Crippen LogP contribution in [0.4, 0.5) is 0 Å². The van der Waals surface area contributed by atoms with Gasteiger partial charge < -0.3 is 10.4 Å². The maximum Gasteiger partial charge on any atom is 0.0957 e. The van der Waals surface area contributed by atoms with E-state index in [2.05, 4.69) is 10.3 Å². The Labute approximate surface area is 89.2 Å². The Hall–Kier alpha value is -0.450. The lowest BCUT2D eigenvalue weighted by molar-refractivity contribution is 0.0607. The van der Waals surface area contributed by atoms with Crippen molar-refractivity contribution in [3.63, 3.8) is 0 Å². The van der Waals surface area contributed by atoms with Crippen LogP contribution in [-0.4, -0.2) is 28.8 Å². The number of hydrogen-bond acceptors (Lipinski definition) is 4. The Morgan fingerprint density at radius 3 is 2.86 bits per heavy atom. The number of aryl methyl sites for hydroxylation is 1. The smallest absolute Gasteiger partial charge is 0.0957 e. The SMILES string of the molecule is CCNCC(C)(O)Cc1nc(C)cs1. The zero-order valence-corrected chi connectivity index (χ0v) is 9.82. The van der Waals surface area contributed by atoms with Crippen LogP contribution < -0.4 is 5.32 Å². The van der Waals surface area contributed by atoms with Gasteiger partial charge in [-0.05, 0) is 20.4 Å². The highest BCUT2D eigenvalue weighted by Crippen LogP contribution is 2.16. The maximum absolute atomic E-state index is 10.0. The van der Waals surface area contributed by atoms with Crippen molar-refractivity contribution in [2.75, 3.05) is 13.1 Å². The Morgan fingerprint density at radius 1 is 1.64 bits per heavy atom. The summed E-state index contributed by atoms with van der Waals surface area (Å²) in [7, 11) is 0. The highest BCUT2D eigenvalue weighted by Gasteiger charge is 2.21. The van der Waals surface area contributed by atoms with E-state index in [0.29, 0.717) is 13.0 Å². The minimum atomic E-state index is -0.694. The number of nitrogens with zero attached hydrogens (tertiary/aromatic N) is 1. The number of likely N-dealkylation sites (N-methyl/N-ethyl adjacent to an activating group) is 1. The van der Waals surface area contributed by atoms with E-state index in [-0.39, 0.29) is 0 Å². The van der Waals surface area contributed by atoms with E-state index in [1.807, 2.05) is 26.2 Å². The van der Waals surface area contributed by atoms with Gasteiger partial charge in [0, 0.05) is 24.0 Å². The molecule has 80 valence electrons. The van der Waals surface area contributed by atoms with Crippen LogP contribution in [0.1, 0.15) is 24.5 Å². The summed E-state index contributed by atoms with van der Waals surface area (Å²) in [5.74, 6) is 0. The van der Waals surface area contributed by atoms with E-state index in [0.717, 1.165) is 17.2 Å². The third kappa shape index (κ3) is 3.74. The molecule has 0 radical (unpaired) electrons. The Balaban J connectivity index is 2.49. The van der Waals surface area contributed by atoms with Crippen molar-refractivity contribution in [2.45, 2.75) is 32.8 Å². The first-order valence-electron chi connectivity index (χ1n) is 4.87. The van der Waals surface area contributed by atoms with Crippen molar-refractivity contribution in [2.24, 2.45) is 0 Å². The maximum atomic E-state index is 10.0. The number of aliphatic hydroxyl groups is 1. The molecule has 3 nitrogen and oxygen atoms in total. The molecule has 1 heterocycles. The van der Waals surface area contributed by atoms with Gasteiger partial charge in [0.1, 0.15) is 0 Å². The fourth-order valence-electron chi connectivity index (χ4n) is 1.27. The standard InChI is InChI=1S/C10H18N2OS/c1-4-11-7-10(3,13)5-9-12-8(2)6-14-9/h6,11,13H,4-5,7H2,1-3H3. The zero-order valence-electron chi connectivity index (χ0n) is 9.00. The van der Waals surface area contributed by atoms with Gasteiger partial charge in [-0.15, -0.1) is 11.3 Å². The molecule has 4 heteroatoms. The summed E-state index contributed by atoms with van der Waals surface area (Å²) >= 11 is 1.61. The molecule has 1 unspecified atom stereocenters. The summed E-state index contributed by atoms with van der Waals surface area (Å²) in [4.78, 5) is 4.33. The van der Waals surface area contributed by atoms with Crippen LogP contribution in [0.2, 0.25) is 0 Å². The molecule has 0 aliphatic carbocycles. The summed E-state index contributed by atoms with van der Waals surface area (Å²) in [5, 5.41) is 16.2. The van der Waals surface area contributed by atoms with Crippen LogP contribution in [0.25, 0.3) is 0 Å². The van der Waals surface area contributed by atoms with Gasteiger partial charge in [0.15, 0.2) is 0 Å². The normalized spacial score (nSPS) is 15.4. The van der Waals surface area contributed by atoms with Gasteiger partial charge in [-0.1, -0.05) is 6.92 Å². The molecule has 0 fully saturated rings. The molecule has 1 atom stereocenters. The van der Waals surface area contributed by atoms with Gasteiger partial charge in [0.05, 0.1) is 10.6 Å². The molecule has 14 heavy (non-hydrogen) atoms. The topological polar surface area (TPSA) is 45.1 Å². The summed E-state index contributed by atoms with van der Waals surface area (Å²) < 4.78 is 0. The average Bonchev–Trinajstić information content (AvgIpc) is 2.47. The van der Waals surface area contributed by atoms with Gasteiger partial charge in [0.25, 0.3) is 0 Å². The molecule has 0 aliphatic heterocycles. The van der Waals surface area contributed by atoms with Crippen LogP contribution >= 0.6 is 11.3 Å². The number of hydrogen-bond donors (Lipinski definition) is 2. The van der Waals surface area contributed by atoms with E-state index >= 15 is 0 Å². The van der Waals surface area contributed by atoms with Gasteiger partial charge in [-0.25, -0.2) is 4.98 Å². The first-order chi connectivity index (χ1) is 6.53. The molecule has 0 saturated heterocycles. The van der Waals surface area contributed by atoms with Crippen LogP contribution in [0.3, 0.4) is 0 Å². The summed E-state index contributed by atoms with van der Waals surface area (Å²) in [6.07, 6.45) is 0.624. The van der Waals surface area contributed by atoms with Crippen LogP contribution in [0.15, 0.2) is 5.38 Å². The molecule has 0 spiro atoms. The monoisotopic (exact) mass is 214 g/mol. The Kier molecular flexibility index (Phi) is 4.04. The predicted octanol–water partition coefficient (Wildman–Crippen LogP) is 1.35. The van der Waals surface area contributed by atoms with Gasteiger partial charge >= 0.3 is 0 Å². The van der Waals surface area contributed by atoms with E-state index in [1.165, 1.54) is 0 Å². The van der Waals surface area contributed by atoms with Crippen molar-refractivity contribution in [1.29, 1.82) is 0 Å². The van der Waals surface area contributed by atoms with Gasteiger partial charge in [0.2, 0.25) is 0 Å². The fourth-order valence-corrected chi connectivity index (χ4v) is 2.22. The van der Waals surface area contributed by atoms with Crippen molar-refractivity contribution in [3.05, 3.63) is 16.1 Å². The molecular weight excluding hydrogens is 196 g/mol. The molecule has 0 amide bonds. The Bertz CT molecular complexity index is 283. The van der Waals surface area contributed by atoms with Crippen molar-refractivity contribution in [1.82, 2.24) is 10.3 Å². The minimum absolute atomic E-state index is 0.613. The van der Waals surface area contributed by atoms with E-state index in [1.54, 1.807) is 11.3 Å². The first kappa shape index (κ1) is 11.6. The average molecular weight is 214 g/mol. The lowest BCUT2D eigenvalue weighted by Crippen LogP contribution is -2.39. The van der Waals surface area contributed by atoms with Crippen LogP contribution in [0.5, 0.6) is 0 Å². The molecule has 0 bridgehead atoms. The molecule has 2 N–H and O–H groups in total. The van der Waals surface area contributed by atoms with Crippen molar-refractivity contribution in [3.8, 4) is 0 Å². The van der Waals surface area contributed by atoms with Gasteiger partial charge in [-0.2, -0.15) is 0 Å². The number of nitrogens with one attached hydrogen (secondary N) is 1. The first-order valence-corrected chi connectivity index (χ1v) is 5.75. The van der Waals surface area contributed by atoms with E-state index in [9.17, 15) is 5.11 Å². The molecule has 0 aliphatic rings. The number of thiazole rings is 1. The third-order valence-corrected chi connectivity index (χ3v) is 2.92. The lowest BCUT2D eigenvalue weighted by Gasteiger charge is -2.22. The molecule has 0 aromatic carbocycles. The molecule has 1 aromatic rings. The number of rotatable bonds is 5. The zero-order chi connectivity index (χ0) is 10.6. The predicted molar refractivity (Wildman–Crippen MR) is 59.7 cm³/mol. The third-order valence-electron chi connectivity index (χ3n) is 1.95.